The van der Waals surface area contributed by atoms with E-state index in [1.165, 1.54) is 29.7 Å². The number of amides is 2. The molecule has 140 valence electrons. The van der Waals surface area contributed by atoms with Crippen LogP contribution in [0.5, 0.6) is 0 Å². The molecule has 2 amide bonds. The van der Waals surface area contributed by atoms with E-state index in [-0.39, 0.29) is 6.03 Å². The summed E-state index contributed by atoms with van der Waals surface area (Å²) in [6.45, 7) is 1.99. The van der Waals surface area contributed by atoms with Gasteiger partial charge in [0.25, 0.3) is 0 Å². The van der Waals surface area contributed by atoms with Gasteiger partial charge in [0.05, 0.1) is 12.2 Å². The number of aromatic amines is 1. The minimum atomic E-state index is -0.0741. The Morgan fingerprint density at radius 1 is 1.08 bits per heavy atom. The summed E-state index contributed by atoms with van der Waals surface area (Å²) in [7, 11) is 5.93. The highest BCUT2D eigenvalue weighted by molar-refractivity contribution is 5.73. The molecule has 3 rings (SSSR count). The van der Waals surface area contributed by atoms with Crippen LogP contribution in [0.2, 0.25) is 0 Å². The van der Waals surface area contributed by atoms with Crippen LogP contribution in [-0.4, -0.2) is 47.2 Å². The molecule has 0 radical (unpaired) electrons. The van der Waals surface area contributed by atoms with E-state index >= 15 is 0 Å². The first-order chi connectivity index (χ1) is 12.5. The zero-order valence-corrected chi connectivity index (χ0v) is 16.0. The summed E-state index contributed by atoms with van der Waals surface area (Å²) in [6, 6.07) is 8.30. The molecule has 0 atom stereocenters. The van der Waals surface area contributed by atoms with Crippen LogP contribution < -0.4 is 5.32 Å². The molecule has 6 heteroatoms. The summed E-state index contributed by atoms with van der Waals surface area (Å²) in [5, 5.41) is 10.5. The first kappa shape index (κ1) is 18.5. The summed E-state index contributed by atoms with van der Waals surface area (Å²) in [5.41, 5.74) is 5.94. The van der Waals surface area contributed by atoms with Gasteiger partial charge in [-0.25, -0.2) is 4.79 Å². The van der Waals surface area contributed by atoms with Crippen molar-refractivity contribution in [1.82, 2.24) is 25.3 Å². The number of hydrogen-bond donors (Lipinski definition) is 2. The third-order valence-corrected chi connectivity index (χ3v) is 4.84. The van der Waals surface area contributed by atoms with E-state index in [1.54, 1.807) is 4.90 Å². The average Bonchev–Trinajstić information content (AvgIpc) is 3.03. The predicted octanol–water partition coefficient (Wildman–Crippen LogP) is 2.69. The summed E-state index contributed by atoms with van der Waals surface area (Å²) in [4.78, 5) is 16.2. The second-order valence-electron chi connectivity index (χ2n) is 7.40. The molecule has 0 saturated heterocycles. The third kappa shape index (κ3) is 4.64. The lowest BCUT2D eigenvalue weighted by molar-refractivity contribution is 0.206. The number of nitrogens with zero attached hydrogens (tertiary/aromatic N) is 3. The van der Waals surface area contributed by atoms with Crippen LogP contribution in [0.3, 0.4) is 0 Å². The molecule has 0 bridgehead atoms. The van der Waals surface area contributed by atoms with Crippen molar-refractivity contribution < 1.29 is 4.79 Å². The van der Waals surface area contributed by atoms with Gasteiger partial charge in [0.2, 0.25) is 0 Å². The fourth-order valence-electron chi connectivity index (χ4n) is 3.42. The monoisotopic (exact) mass is 355 g/mol. The fourth-order valence-corrected chi connectivity index (χ4v) is 3.42. The number of benzene rings is 1. The number of aromatic nitrogens is 2. The van der Waals surface area contributed by atoms with Gasteiger partial charge in [0.1, 0.15) is 0 Å². The minimum absolute atomic E-state index is 0.0741. The van der Waals surface area contributed by atoms with Crippen molar-refractivity contribution in [2.45, 2.75) is 45.3 Å². The normalized spacial score (nSPS) is 13.5. The van der Waals surface area contributed by atoms with E-state index in [2.05, 4.69) is 58.8 Å². The van der Waals surface area contributed by atoms with Crippen molar-refractivity contribution in [3.05, 3.63) is 52.3 Å². The number of fused-ring (bicyclic) bond motifs is 1. The Hall–Kier alpha value is -2.34. The predicted molar refractivity (Wildman–Crippen MR) is 103 cm³/mol. The summed E-state index contributed by atoms with van der Waals surface area (Å²) in [6.07, 6.45) is 4.57. The Kier molecular flexibility index (Phi) is 5.93. The van der Waals surface area contributed by atoms with Crippen molar-refractivity contribution >= 4 is 6.03 Å². The molecule has 1 aliphatic rings. The lowest BCUT2D eigenvalue weighted by atomic mass is 9.96. The van der Waals surface area contributed by atoms with Crippen LogP contribution in [0.4, 0.5) is 4.79 Å². The molecule has 0 fully saturated rings. The molecular weight excluding hydrogens is 326 g/mol. The molecule has 26 heavy (non-hydrogen) atoms. The molecule has 1 aromatic heterocycles. The molecule has 2 aromatic rings. The van der Waals surface area contributed by atoms with Gasteiger partial charge in [-0.3, -0.25) is 5.10 Å². The highest BCUT2D eigenvalue weighted by Crippen LogP contribution is 2.22. The second kappa shape index (κ2) is 8.36. The van der Waals surface area contributed by atoms with Crippen LogP contribution in [0.25, 0.3) is 0 Å². The van der Waals surface area contributed by atoms with E-state index in [0.29, 0.717) is 13.1 Å². The Bertz CT molecular complexity index is 735. The lowest BCUT2D eigenvalue weighted by Gasteiger charge is -2.19. The minimum Gasteiger partial charge on any atom is -0.334 e. The largest absolute Gasteiger partial charge is 0.334 e. The van der Waals surface area contributed by atoms with Gasteiger partial charge in [-0.2, -0.15) is 5.10 Å². The maximum atomic E-state index is 12.4. The molecule has 1 aromatic carbocycles. The summed E-state index contributed by atoms with van der Waals surface area (Å²) >= 11 is 0. The molecular formula is C20H29N5O. The van der Waals surface area contributed by atoms with Gasteiger partial charge in [-0.1, -0.05) is 24.3 Å². The van der Waals surface area contributed by atoms with Gasteiger partial charge >= 0.3 is 6.03 Å². The van der Waals surface area contributed by atoms with E-state index < -0.39 is 0 Å². The number of carbonyl (C=O) groups excluding carboxylic acids is 1. The zero-order chi connectivity index (χ0) is 18.5. The van der Waals surface area contributed by atoms with Gasteiger partial charge in [0, 0.05) is 25.8 Å². The topological polar surface area (TPSA) is 64.3 Å². The number of urea groups is 1. The second-order valence-corrected chi connectivity index (χ2v) is 7.40. The number of aryl methyl sites for hydroxylation is 1. The van der Waals surface area contributed by atoms with Crippen molar-refractivity contribution in [2.24, 2.45) is 0 Å². The molecule has 1 aliphatic carbocycles. The van der Waals surface area contributed by atoms with Gasteiger partial charge in [-0.05, 0) is 56.5 Å². The third-order valence-electron chi connectivity index (χ3n) is 4.84. The molecule has 1 heterocycles. The van der Waals surface area contributed by atoms with E-state index in [9.17, 15) is 4.79 Å². The van der Waals surface area contributed by atoms with Gasteiger partial charge < -0.3 is 15.1 Å². The van der Waals surface area contributed by atoms with E-state index in [4.69, 9.17) is 0 Å². The van der Waals surface area contributed by atoms with Crippen molar-refractivity contribution in [2.75, 3.05) is 21.1 Å². The number of nitrogens with one attached hydrogen (secondary N) is 2. The van der Waals surface area contributed by atoms with E-state index in [1.807, 2.05) is 7.05 Å². The fraction of sp³-hybridized carbons (Fsp3) is 0.500. The number of carbonyl (C=O) groups is 1. The smallest absolute Gasteiger partial charge is 0.317 e. The molecule has 0 saturated carbocycles. The molecule has 0 unspecified atom stereocenters. The zero-order valence-electron chi connectivity index (χ0n) is 16.0. The summed E-state index contributed by atoms with van der Waals surface area (Å²) in [5.74, 6) is 0. The molecule has 2 N–H and O–H groups in total. The Labute approximate surface area is 155 Å². The Morgan fingerprint density at radius 3 is 2.50 bits per heavy atom. The first-order valence-corrected chi connectivity index (χ1v) is 9.29. The molecule has 0 spiro atoms. The quantitative estimate of drug-likeness (QED) is 0.837. The number of rotatable bonds is 6. The average molecular weight is 355 g/mol. The van der Waals surface area contributed by atoms with Gasteiger partial charge in [-0.15, -0.1) is 0 Å². The molecule has 0 aliphatic heterocycles. The van der Waals surface area contributed by atoms with Crippen LogP contribution >= 0.6 is 0 Å². The highest BCUT2D eigenvalue weighted by atomic mass is 16.2. The Balaban J connectivity index is 1.50. The summed E-state index contributed by atoms with van der Waals surface area (Å²) < 4.78 is 0. The maximum absolute atomic E-state index is 12.4. The van der Waals surface area contributed by atoms with Crippen molar-refractivity contribution in [1.29, 1.82) is 0 Å². The van der Waals surface area contributed by atoms with Crippen molar-refractivity contribution in [3.63, 3.8) is 0 Å². The van der Waals surface area contributed by atoms with Crippen LogP contribution in [-0.2, 0) is 32.5 Å². The van der Waals surface area contributed by atoms with Crippen molar-refractivity contribution in [3.8, 4) is 0 Å². The lowest BCUT2D eigenvalue weighted by Crippen LogP contribution is -2.36. The Morgan fingerprint density at radius 2 is 1.77 bits per heavy atom. The maximum Gasteiger partial charge on any atom is 0.317 e. The standard InChI is InChI=1S/C20H29N5O/c1-24(2)13-16-10-8-15(9-11-16)12-21-20(26)25(3)14-19-17-6-4-5-7-18(17)22-23-19/h8-11H,4-7,12-14H2,1-3H3,(H,21,26)(H,22,23). The SMILES string of the molecule is CN(C)Cc1ccc(CNC(=O)N(C)Cc2n[nH]c3c2CCCC3)cc1. The van der Waals surface area contributed by atoms with Crippen LogP contribution in [0.15, 0.2) is 24.3 Å². The number of H-pyrrole nitrogens is 1. The van der Waals surface area contributed by atoms with E-state index in [0.717, 1.165) is 30.6 Å². The number of hydrogen-bond acceptors (Lipinski definition) is 3. The van der Waals surface area contributed by atoms with Crippen LogP contribution in [0.1, 0.15) is 40.9 Å². The highest BCUT2D eigenvalue weighted by Gasteiger charge is 2.19. The first-order valence-electron chi connectivity index (χ1n) is 9.29. The molecule has 6 nitrogen and oxygen atoms in total. The van der Waals surface area contributed by atoms with Crippen LogP contribution in [0, 0.1) is 0 Å². The van der Waals surface area contributed by atoms with Gasteiger partial charge in [0.15, 0.2) is 0 Å².